The lowest BCUT2D eigenvalue weighted by Gasteiger charge is -2.33. The van der Waals surface area contributed by atoms with E-state index in [0.29, 0.717) is 25.6 Å². The van der Waals surface area contributed by atoms with Crippen LogP contribution in [0.4, 0.5) is 16.0 Å². The first-order valence-corrected chi connectivity index (χ1v) is 11.9. The molecule has 3 aromatic heterocycles. The molecule has 176 valence electrons. The first-order valence-electron chi connectivity index (χ1n) is 11.9. The third kappa shape index (κ3) is 3.73. The number of benzene rings is 1. The van der Waals surface area contributed by atoms with Gasteiger partial charge in [0.1, 0.15) is 29.2 Å². The van der Waals surface area contributed by atoms with Crippen LogP contribution in [-0.4, -0.2) is 70.1 Å². The molecule has 1 aromatic carbocycles. The second-order valence-corrected chi connectivity index (χ2v) is 9.20. The van der Waals surface area contributed by atoms with E-state index in [1.54, 1.807) is 0 Å². The molecule has 0 amide bonds. The second-order valence-electron chi connectivity index (χ2n) is 9.20. The number of para-hydroxylation sites is 2. The van der Waals surface area contributed by atoms with E-state index in [-0.39, 0.29) is 0 Å². The van der Waals surface area contributed by atoms with Gasteiger partial charge >= 0.3 is 0 Å². The molecular formula is C25H28FN7O. The summed E-state index contributed by atoms with van der Waals surface area (Å²) in [6.07, 6.45) is 1.63. The highest BCUT2D eigenvalue weighted by Gasteiger charge is 2.27. The Balaban J connectivity index is 1.48. The van der Waals surface area contributed by atoms with E-state index in [9.17, 15) is 4.39 Å². The first kappa shape index (κ1) is 21.2. The van der Waals surface area contributed by atoms with Gasteiger partial charge in [0.15, 0.2) is 5.65 Å². The van der Waals surface area contributed by atoms with Crippen LogP contribution in [0.3, 0.4) is 0 Å². The predicted molar refractivity (Wildman–Crippen MR) is 130 cm³/mol. The molecule has 4 aromatic rings. The van der Waals surface area contributed by atoms with Gasteiger partial charge in [0, 0.05) is 45.0 Å². The molecule has 0 spiro atoms. The van der Waals surface area contributed by atoms with E-state index in [4.69, 9.17) is 24.8 Å². The Kier molecular flexibility index (Phi) is 5.28. The van der Waals surface area contributed by atoms with Gasteiger partial charge in [0.05, 0.1) is 23.3 Å². The molecule has 0 radical (unpaired) electrons. The van der Waals surface area contributed by atoms with Crippen LogP contribution in [-0.2, 0) is 4.74 Å². The number of ether oxygens (including phenoxy) is 1. The van der Waals surface area contributed by atoms with Crippen LogP contribution in [0.1, 0.15) is 25.0 Å². The number of aryl methyl sites for hydroxylation is 1. The minimum Gasteiger partial charge on any atom is -0.381 e. The summed E-state index contributed by atoms with van der Waals surface area (Å²) in [7, 11) is 2.10. The zero-order valence-corrected chi connectivity index (χ0v) is 19.5. The van der Waals surface area contributed by atoms with E-state index >= 15 is 0 Å². The molecule has 2 aliphatic heterocycles. The Morgan fingerprint density at radius 3 is 2.53 bits per heavy atom. The highest BCUT2D eigenvalue weighted by molar-refractivity contribution is 5.78. The van der Waals surface area contributed by atoms with Gasteiger partial charge in [0.25, 0.3) is 0 Å². The maximum atomic E-state index is 14.0. The number of fused-ring (bicyclic) bond motifs is 2. The summed E-state index contributed by atoms with van der Waals surface area (Å²) in [4.78, 5) is 18.8. The summed E-state index contributed by atoms with van der Waals surface area (Å²) in [5, 5.41) is 4.94. The van der Waals surface area contributed by atoms with Gasteiger partial charge in [0.2, 0.25) is 0 Å². The molecule has 0 N–H and O–H groups in total. The fourth-order valence-corrected chi connectivity index (χ4v) is 4.99. The lowest BCUT2D eigenvalue weighted by Crippen LogP contribution is -2.38. The third-order valence-corrected chi connectivity index (χ3v) is 6.94. The molecule has 8 nitrogen and oxygen atoms in total. The van der Waals surface area contributed by atoms with Gasteiger partial charge in [-0.25, -0.2) is 19.3 Å². The lowest BCUT2D eigenvalue weighted by atomic mass is 10.1. The first-order chi connectivity index (χ1) is 16.6. The Morgan fingerprint density at radius 2 is 1.79 bits per heavy atom. The Morgan fingerprint density at radius 1 is 1.03 bits per heavy atom. The van der Waals surface area contributed by atoms with Gasteiger partial charge in [-0.2, -0.15) is 9.61 Å². The Bertz CT molecular complexity index is 1350. The van der Waals surface area contributed by atoms with Gasteiger partial charge in [-0.05, 0) is 38.3 Å². The summed E-state index contributed by atoms with van der Waals surface area (Å²) < 4.78 is 21.5. The molecule has 6 rings (SSSR count). The van der Waals surface area contributed by atoms with Gasteiger partial charge in [-0.15, -0.1) is 0 Å². The molecule has 0 bridgehead atoms. The topological polar surface area (TPSA) is 71.7 Å². The summed E-state index contributed by atoms with van der Waals surface area (Å²) in [5.74, 6) is 1.72. The average molecular weight is 462 g/mol. The van der Waals surface area contributed by atoms with Crippen molar-refractivity contribution in [3.05, 3.63) is 42.1 Å². The molecule has 5 heterocycles. The molecule has 0 unspecified atom stereocenters. The molecule has 1 atom stereocenters. The van der Waals surface area contributed by atoms with E-state index in [2.05, 4.69) is 11.9 Å². The van der Waals surface area contributed by atoms with Crippen LogP contribution < -0.4 is 9.80 Å². The zero-order chi connectivity index (χ0) is 23.2. The molecule has 2 saturated heterocycles. The minimum atomic E-state index is -0.814. The zero-order valence-electron chi connectivity index (χ0n) is 19.5. The van der Waals surface area contributed by atoms with Crippen molar-refractivity contribution in [2.75, 3.05) is 43.2 Å². The number of nitrogens with zero attached hydrogens (tertiary/aromatic N) is 7. The maximum absolute atomic E-state index is 14.0. The monoisotopic (exact) mass is 461 g/mol. The Hall–Kier alpha value is -3.33. The molecule has 2 aliphatic rings. The summed E-state index contributed by atoms with van der Waals surface area (Å²) in [5.41, 5.74) is 4.71. The summed E-state index contributed by atoms with van der Waals surface area (Å²) in [6.45, 7) is 4.50. The molecule has 34 heavy (non-hydrogen) atoms. The minimum absolute atomic E-state index is 0.342. The fraction of sp³-hybridized carbons (Fsp3) is 0.440. The highest BCUT2D eigenvalue weighted by atomic mass is 19.1. The third-order valence-electron chi connectivity index (χ3n) is 6.94. The quantitative estimate of drug-likeness (QED) is 0.458. The smallest absolute Gasteiger partial charge is 0.160 e. The largest absolute Gasteiger partial charge is 0.381 e. The van der Waals surface area contributed by atoms with Gasteiger partial charge in [-0.3, -0.25) is 0 Å². The van der Waals surface area contributed by atoms with Crippen LogP contribution >= 0.6 is 0 Å². The van der Waals surface area contributed by atoms with E-state index in [1.807, 2.05) is 52.7 Å². The van der Waals surface area contributed by atoms with E-state index in [0.717, 1.165) is 71.5 Å². The van der Waals surface area contributed by atoms with Gasteiger partial charge < -0.3 is 14.5 Å². The van der Waals surface area contributed by atoms with Gasteiger partial charge in [-0.1, -0.05) is 12.1 Å². The van der Waals surface area contributed by atoms with Crippen molar-refractivity contribution in [1.82, 2.24) is 24.6 Å². The van der Waals surface area contributed by atoms with Crippen LogP contribution in [0.5, 0.6) is 0 Å². The molecular weight excluding hydrogens is 433 g/mol. The van der Waals surface area contributed by atoms with Crippen molar-refractivity contribution < 1.29 is 9.13 Å². The van der Waals surface area contributed by atoms with E-state index < -0.39 is 6.17 Å². The standard InChI is InChI=1S/C25H28FN7O/c1-16-25(28-20-6-4-3-5-19(20)27-16)21-13-23-29-22(32-10-7-17(26)15-32)14-24(33(23)30-21)31(2)18-8-11-34-12-9-18/h3-6,13-14,17-18H,7-12,15H2,1-2H3/t17-/m1/s1. The van der Waals surface area contributed by atoms with E-state index in [1.165, 1.54) is 0 Å². The number of rotatable bonds is 4. The van der Waals surface area contributed by atoms with Crippen molar-refractivity contribution in [1.29, 1.82) is 0 Å². The van der Waals surface area contributed by atoms with Crippen LogP contribution in [0.2, 0.25) is 0 Å². The fourth-order valence-electron chi connectivity index (χ4n) is 4.99. The molecule has 0 aliphatic carbocycles. The Labute approximate surface area is 197 Å². The number of alkyl halides is 1. The number of hydrogen-bond acceptors (Lipinski definition) is 7. The normalized spacial score (nSPS) is 19.4. The van der Waals surface area contributed by atoms with Crippen molar-refractivity contribution in [2.45, 2.75) is 38.4 Å². The summed E-state index contributed by atoms with van der Waals surface area (Å²) in [6, 6.07) is 12.2. The number of halogens is 1. The summed E-state index contributed by atoms with van der Waals surface area (Å²) >= 11 is 0. The SMILES string of the molecule is Cc1nc2ccccc2nc1-c1cc2nc(N3CC[C@@H](F)C3)cc(N(C)C3CCOCC3)n2n1. The molecule has 9 heteroatoms. The predicted octanol–water partition coefficient (Wildman–Crippen LogP) is 3.81. The number of anilines is 2. The number of hydrogen-bond donors (Lipinski definition) is 0. The van der Waals surface area contributed by atoms with Crippen molar-refractivity contribution in [2.24, 2.45) is 0 Å². The van der Waals surface area contributed by atoms with Crippen molar-refractivity contribution in [3.8, 4) is 11.4 Å². The highest BCUT2D eigenvalue weighted by Crippen LogP contribution is 2.31. The van der Waals surface area contributed by atoms with Crippen LogP contribution in [0.15, 0.2) is 36.4 Å². The van der Waals surface area contributed by atoms with Crippen molar-refractivity contribution >= 4 is 28.3 Å². The average Bonchev–Trinajstić information content (AvgIpc) is 3.49. The van der Waals surface area contributed by atoms with Crippen molar-refractivity contribution in [3.63, 3.8) is 0 Å². The lowest BCUT2D eigenvalue weighted by molar-refractivity contribution is 0.0853. The van der Waals surface area contributed by atoms with Crippen LogP contribution in [0, 0.1) is 6.92 Å². The second kappa shape index (κ2) is 8.47. The molecule has 2 fully saturated rings. The van der Waals surface area contributed by atoms with Crippen LogP contribution in [0.25, 0.3) is 28.1 Å². The molecule has 0 saturated carbocycles. The number of aromatic nitrogens is 5. The maximum Gasteiger partial charge on any atom is 0.160 e.